The molecular formula is C19H26FIN4. The quantitative estimate of drug-likeness (QED) is 0.398. The first kappa shape index (κ1) is 21.2. The molecule has 2 N–H and O–H groups in total. The molecular weight excluding hydrogens is 430 g/mol. The van der Waals surface area contributed by atoms with Gasteiger partial charge in [-0.3, -0.25) is 4.99 Å². The van der Waals surface area contributed by atoms with E-state index in [2.05, 4.69) is 27.8 Å². The number of hydrogen-bond donors (Lipinski definition) is 2. The number of benzene rings is 2. The molecule has 0 saturated carbocycles. The molecule has 0 aliphatic carbocycles. The lowest BCUT2D eigenvalue weighted by Gasteiger charge is -2.15. The Morgan fingerprint density at radius 2 is 1.76 bits per heavy atom. The molecule has 0 fully saturated rings. The fraction of sp³-hybridized carbons (Fsp3) is 0.316. The van der Waals surface area contributed by atoms with Crippen molar-refractivity contribution in [1.82, 2.24) is 10.6 Å². The molecule has 0 saturated heterocycles. The van der Waals surface area contributed by atoms with Gasteiger partial charge in [-0.2, -0.15) is 0 Å². The molecule has 25 heavy (non-hydrogen) atoms. The van der Waals surface area contributed by atoms with E-state index in [1.165, 1.54) is 5.56 Å². The Hall–Kier alpha value is -1.83. The summed E-state index contributed by atoms with van der Waals surface area (Å²) in [4.78, 5) is 5.96. The van der Waals surface area contributed by atoms with Gasteiger partial charge in [0, 0.05) is 34.2 Å². The van der Waals surface area contributed by atoms with Crippen molar-refractivity contribution < 1.29 is 4.39 Å². The maximum Gasteiger partial charge on any atom is 0.191 e. The molecule has 0 radical (unpaired) electrons. The first-order valence-electron chi connectivity index (χ1n) is 8.04. The number of nitrogens with one attached hydrogen (secondary N) is 2. The minimum Gasteiger partial charge on any atom is -0.375 e. The minimum atomic E-state index is -0.216. The summed E-state index contributed by atoms with van der Waals surface area (Å²) >= 11 is 0. The van der Waals surface area contributed by atoms with Crippen LogP contribution in [0.15, 0.2) is 53.5 Å². The Kier molecular flexibility index (Phi) is 9.26. The average Bonchev–Trinajstić information content (AvgIpc) is 2.58. The van der Waals surface area contributed by atoms with Crippen LogP contribution in [0.4, 0.5) is 10.1 Å². The molecule has 0 bridgehead atoms. The highest BCUT2D eigenvalue weighted by Gasteiger charge is 2.06. The third-order valence-electron chi connectivity index (χ3n) is 3.73. The predicted octanol–water partition coefficient (Wildman–Crippen LogP) is 3.42. The summed E-state index contributed by atoms with van der Waals surface area (Å²) in [6, 6.07) is 15.6. The van der Waals surface area contributed by atoms with Crippen molar-refractivity contribution in [2.24, 2.45) is 4.99 Å². The molecule has 0 amide bonds. The second-order valence-electron chi connectivity index (χ2n) is 5.77. The van der Waals surface area contributed by atoms with E-state index in [1.54, 1.807) is 24.1 Å². The number of nitrogens with zero attached hydrogens (tertiary/aromatic N) is 2. The average molecular weight is 456 g/mol. The van der Waals surface area contributed by atoms with Crippen LogP contribution in [0.1, 0.15) is 11.1 Å². The van der Waals surface area contributed by atoms with E-state index in [0.29, 0.717) is 18.2 Å². The van der Waals surface area contributed by atoms with Crippen molar-refractivity contribution in [2.45, 2.75) is 13.0 Å². The van der Waals surface area contributed by atoms with E-state index in [9.17, 15) is 4.39 Å². The van der Waals surface area contributed by atoms with Gasteiger partial charge in [-0.25, -0.2) is 4.39 Å². The SMILES string of the molecule is CN=C(NCCc1ccccc1)NCc1ccc(N(C)C)c(F)c1.I. The third kappa shape index (κ3) is 6.89. The van der Waals surface area contributed by atoms with Gasteiger partial charge in [0.1, 0.15) is 5.82 Å². The summed E-state index contributed by atoms with van der Waals surface area (Å²) in [5, 5.41) is 6.48. The first-order chi connectivity index (χ1) is 11.6. The van der Waals surface area contributed by atoms with Crippen molar-refractivity contribution in [3.63, 3.8) is 0 Å². The summed E-state index contributed by atoms with van der Waals surface area (Å²) in [5.74, 6) is 0.495. The Balaban J connectivity index is 0.00000312. The Bertz CT molecular complexity index is 674. The highest BCUT2D eigenvalue weighted by Crippen LogP contribution is 2.18. The van der Waals surface area contributed by atoms with Crippen LogP contribution in [-0.2, 0) is 13.0 Å². The van der Waals surface area contributed by atoms with E-state index in [4.69, 9.17) is 0 Å². The lowest BCUT2D eigenvalue weighted by molar-refractivity contribution is 0.623. The smallest absolute Gasteiger partial charge is 0.191 e. The van der Waals surface area contributed by atoms with Crippen LogP contribution < -0.4 is 15.5 Å². The van der Waals surface area contributed by atoms with E-state index in [-0.39, 0.29) is 29.8 Å². The number of halogens is 2. The van der Waals surface area contributed by atoms with Crippen LogP contribution in [0.2, 0.25) is 0 Å². The Morgan fingerprint density at radius 1 is 1.04 bits per heavy atom. The summed E-state index contributed by atoms with van der Waals surface area (Å²) in [7, 11) is 5.39. The largest absolute Gasteiger partial charge is 0.375 e. The molecule has 2 aromatic rings. The zero-order valence-electron chi connectivity index (χ0n) is 14.9. The molecule has 6 heteroatoms. The van der Waals surface area contributed by atoms with Crippen LogP contribution in [-0.4, -0.2) is 33.6 Å². The van der Waals surface area contributed by atoms with Gasteiger partial charge in [-0.1, -0.05) is 36.4 Å². The highest BCUT2D eigenvalue weighted by molar-refractivity contribution is 14.0. The lowest BCUT2D eigenvalue weighted by atomic mass is 10.1. The summed E-state index contributed by atoms with van der Waals surface area (Å²) in [6.45, 7) is 1.31. The van der Waals surface area contributed by atoms with Crippen LogP contribution in [0.3, 0.4) is 0 Å². The van der Waals surface area contributed by atoms with Gasteiger partial charge in [0.05, 0.1) is 5.69 Å². The Morgan fingerprint density at radius 3 is 2.36 bits per heavy atom. The van der Waals surface area contributed by atoms with Crippen molar-refractivity contribution in [2.75, 3.05) is 32.6 Å². The van der Waals surface area contributed by atoms with Crippen molar-refractivity contribution in [3.05, 3.63) is 65.5 Å². The number of rotatable bonds is 6. The van der Waals surface area contributed by atoms with Gasteiger partial charge in [0.25, 0.3) is 0 Å². The molecule has 0 aromatic heterocycles. The van der Waals surface area contributed by atoms with Crippen LogP contribution in [0, 0.1) is 5.82 Å². The van der Waals surface area contributed by atoms with Gasteiger partial charge >= 0.3 is 0 Å². The highest BCUT2D eigenvalue weighted by atomic mass is 127. The monoisotopic (exact) mass is 456 g/mol. The summed E-state index contributed by atoms with van der Waals surface area (Å²) < 4.78 is 14.0. The van der Waals surface area contributed by atoms with Crippen LogP contribution >= 0.6 is 24.0 Å². The number of guanidine groups is 1. The van der Waals surface area contributed by atoms with Gasteiger partial charge in [0.15, 0.2) is 5.96 Å². The zero-order valence-corrected chi connectivity index (χ0v) is 17.3. The Labute approximate surface area is 166 Å². The zero-order chi connectivity index (χ0) is 17.4. The van der Waals surface area contributed by atoms with E-state index < -0.39 is 0 Å². The van der Waals surface area contributed by atoms with Gasteiger partial charge in [-0.15, -0.1) is 24.0 Å². The molecule has 136 valence electrons. The molecule has 2 rings (SSSR count). The van der Waals surface area contributed by atoms with E-state index in [0.717, 1.165) is 18.5 Å². The summed E-state index contributed by atoms with van der Waals surface area (Å²) in [6.07, 6.45) is 0.924. The van der Waals surface area contributed by atoms with Gasteiger partial charge in [-0.05, 0) is 29.7 Å². The standard InChI is InChI=1S/C19H25FN4.HI/c1-21-19(22-12-11-15-7-5-4-6-8-15)23-14-16-9-10-18(24(2)3)17(20)13-16;/h4-10,13H,11-12,14H2,1-3H3,(H2,21,22,23);1H. The molecule has 0 aliphatic rings. The fourth-order valence-electron chi connectivity index (χ4n) is 2.40. The van der Waals surface area contributed by atoms with Gasteiger partial charge in [0.2, 0.25) is 0 Å². The molecule has 0 aliphatic heterocycles. The van der Waals surface area contributed by atoms with Crippen LogP contribution in [0.25, 0.3) is 0 Å². The fourth-order valence-corrected chi connectivity index (χ4v) is 2.40. The first-order valence-corrected chi connectivity index (χ1v) is 8.04. The van der Waals surface area contributed by atoms with E-state index >= 15 is 0 Å². The third-order valence-corrected chi connectivity index (χ3v) is 3.73. The normalized spacial score (nSPS) is 10.8. The maximum atomic E-state index is 14.0. The van der Waals surface area contributed by atoms with E-state index in [1.807, 2.05) is 38.4 Å². The van der Waals surface area contributed by atoms with Crippen molar-refractivity contribution >= 4 is 35.6 Å². The van der Waals surface area contributed by atoms with Crippen molar-refractivity contribution in [3.8, 4) is 0 Å². The molecule has 4 nitrogen and oxygen atoms in total. The minimum absolute atomic E-state index is 0. The molecule has 0 heterocycles. The number of anilines is 1. The number of hydrogen-bond acceptors (Lipinski definition) is 2. The second kappa shape index (κ2) is 10.9. The van der Waals surface area contributed by atoms with Crippen LogP contribution in [0.5, 0.6) is 0 Å². The predicted molar refractivity (Wildman–Crippen MR) is 114 cm³/mol. The molecule has 2 aromatic carbocycles. The molecule has 0 unspecified atom stereocenters. The lowest BCUT2D eigenvalue weighted by Crippen LogP contribution is -2.37. The topological polar surface area (TPSA) is 39.7 Å². The number of aliphatic imine (C=N–C) groups is 1. The maximum absolute atomic E-state index is 14.0. The molecule has 0 spiro atoms. The van der Waals surface area contributed by atoms with Gasteiger partial charge < -0.3 is 15.5 Å². The van der Waals surface area contributed by atoms with Crippen molar-refractivity contribution in [1.29, 1.82) is 0 Å². The summed E-state index contributed by atoms with van der Waals surface area (Å²) in [5.41, 5.74) is 2.75. The second-order valence-corrected chi connectivity index (χ2v) is 5.77. The molecule has 0 atom stereocenters.